The van der Waals surface area contributed by atoms with Gasteiger partial charge in [-0.15, -0.1) is 0 Å². The summed E-state index contributed by atoms with van der Waals surface area (Å²) in [6, 6.07) is 0. The number of imidazole rings is 1. The summed E-state index contributed by atoms with van der Waals surface area (Å²) in [5.41, 5.74) is 6.58. The normalized spacial score (nSPS) is 20.4. The highest BCUT2D eigenvalue weighted by Crippen LogP contribution is 2.17. The van der Waals surface area contributed by atoms with Gasteiger partial charge in [0.1, 0.15) is 0 Å². The van der Waals surface area contributed by atoms with Crippen molar-refractivity contribution < 1.29 is 4.74 Å². The molecule has 1 saturated heterocycles. The quantitative estimate of drug-likeness (QED) is 0.792. The highest BCUT2D eigenvalue weighted by atomic mass is 16.5. The van der Waals surface area contributed by atoms with Gasteiger partial charge in [-0.05, 0) is 32.2 Å². The van der Waals surface area contributed by atoms with Crippen LogP contribution in [0.2, 0.25) is 0 Å². The van der Waals surface area contributed by atoms with Crippen molar-refractivity contribution in [3.63, 3.8) is 0 Å². The second kappa shape index (κ2) is 6.01. The lowest BCUT2D eigenvalue weighted by Gasteiger charge is -2.08. The van der Waals surface area contributed by atoms with Gasteiger partial charge in [0.2, 0.25) is 0 Å². The highest BCUT2D eigenvalue weighted by molar-refractivity contribution is 4.96. The molecule has 1 aliphatic heterocycles. The Balaban J connectivity index is 1.67. The van der Waals surface area contributed by atoms with E-state index in [1.54, 1.807) is 0 Å². The molecule has 1 aromatic heterocycles. The molecule has 16 heavy (non-hydrogen) atoms. The maximum Gasteiger partial charge on any atom is 0.0949 e. The van der Waals surface area contributed by atoms with Crippen molar-refractivity contribution >= 4 is 0 Å². The van der Waals surface area contributed by atoms with E-state index >= 15 is 0 Å². The number of hydrogen-bond donors (Lipinski definition) is 1. The Labute approximate surface area is 96.8 Å². The summed E-state index contributed by atoms with van der Waals surface area (Å²) in [4.78, 5) is 4.31. The van der Waals surface area contributed by atoms with Crippen LogP contribution in [0, 0.1) is 0 Å². The molecule has 1 atom stereocenters. The van der Waals surface area contributed by atoms with Crippen molar-refractivity contribution in [3.8, 4) is 0 Å². The lowest BCUT2D eigenvalue weighted by Crippen LogP contribution is -2.06. The van der Waals surface area contributed by atoms with Gasteiger partial charge in [-0.1, -0.05) is 0 Å². The molecule has 2 heterocycles. The van der Waals surface area contributed by atoms with E-state index < -0.39 is 0 Å². The fraction of sp³-hybridized carbons (Fsp3) is 0.750. The predicted octanol–water partition coefficient (Wildman–Crippen LogP) is 1.34. The highest BCUT2D eigenvalue weighted by Gasteiger charge is 2.14. The first-order chi connectivity index (χ1) is 7.88. The number of nitrogens with zero attached hydrogens (tertiary/aromatic N) is 2. The molecule has 0 amide bonds. The molecular weight excluding hydrogens is 202 g/mol. The average molecular weight is 223 g/mol. The summed E-state index contributed by atoms with van der Waals surface area (Å²) >= 11 is 0. The Hall–Kier alpha value is -0.870. The Kier molecular flexibility index (Phi) is 4.36. The zero-order valence-corrected chi connectivity index (χ0v) is 9.77. The second-order valence-corrected chi connectivity index (χ2v) is 4.42. The van der Waals surface area contributed by atoms with E-state index in [2.05, 4.69) is 15.7 Å². The molecule has 2 N–H and O–H groups in total. The molecule has 1 unspecified atom stereocenters. The molecule has 1 fully saturated rings. The average Bonchev–Trinajstić information content (AvgIpc) is 2.90. The van der Waals surface area contributed by atoms with Gasteiger partial charge >= 0.3 is 0 Å². The van der Waals surface area contributed by atoms with Gasteiger partial charge in [-0.25, -0.2) is 4.98 Å². The van der Waals surface area contributed by atoms with Gasteiger partial charge in [-0.3, -0.25) is 0 Å². The molecule has 0 radical (unpaired) electrons. The van der Waals surface area contributed by atoms with Crippen molar-refractivity contribution in [2.45, 2.75) is 44.8 Å². The fourth-order valence-electron chi connectivity index (χ4n) is 2.18. The first-order valence-corrected chi connectivity index (χ1v) is 6.21. The molecule has 0 aliphatic carbocycles. The molecule has 2 rings (SSSR count). The van der Waals surface area contributed by atoms with Gasteiger partial charge in [0.15, 0.2) is 0 Å². The van der Waals surface area contributed by atoms with Gasteiger partial charge in [-0.2, -0.15) is 0 Å². The van der Waals surface area contributed by atoms with E-state index in [1.165, 1.54) is 25.7 Å². The van der Waals surface area contributed by atoms with Crippen LogP contribution in [0.5, 0.6) is 0 Å². The smallest absolute Gasteiger partial charge is 0.0949 e. The summed E-state index contributed by atoms with van der Waals surface area (Å²) in [5, 5.41) is 0. The van der Waals surface area contributed by atoms with E-state index in [9.17, 15) is 0 Å². The SMILES string of the molecule is NCCc1cn(CCCC2CCCO2)cn1. The van der Waals surface area contributed by atoms with E-state index in [-0.39, 0.29) is 0 Å². The van der Waals surface area contributed by atoms with Gasteiger partial charge in [0.25, 0.3) is 0 Å². The predicted molar refractivity (Wildman–Crippen MR) is 63.2 cm³/mol. The topological polar surface area (TPSA) is 53.1 Å². The molecule has 4 nitrogen and oxygen atoms in total. The minimum absolute atomic E-state index is 0.507. The lowest BCUT2D eigenvalue weighted by molar-refractivity contribution is 0.101. The fourth-order valence-corrected chi connectivity index (χ4v) is 2.18. The first-order valence-electron chi connectivity index (χ1n) is 6.21. The van der Waals surface area contributed by atoms with E-state index in [0.29, 0.717) is 12.6 Å². The maximum atomic E-state index is 5.59. The van der Waals surface area contributed by atoms with E-state index in [0.717, 1.165) is 25.3 Å². The number of hydrogen-bond acceptors (Lipinski definition) is 3. The van der Waals surface area contributed by atoms with Crippen molar-refractivity contribution in [2.24, 2.45) is 5.73 Å². The van der Waals surface area contributed by atoms with Gasteiger partial charge in [0, 0.05) is 25.8 Å². The van der Waals surface area contributed by atoms with Crippen molar-refractivity contribution in [1.29, 1.82) is 0 Å². The zero-order valence-electron chi connectivity index (χ0n) is 9.77. The van der Waals surface area contributed by atoms with Crippen LogP contribution in [-0.2, 0) is 17.7 Å². The zero-order chi connectivity index (χ0) is 11.2. The Morgan fingerprint density at radius 3 is 3.25 bits per heavy atom. The van der Waals surface area contributed by atoms with Crippen LogP contribution in [-0.4, -0.2) is 28.8 Å². The molecular formula is C12H21N3O. The summed E-state index contributed by atoms with van der Waals surface area (Å²) in [5.74, 6) is 0. The number of rotatable bonds is 6. The molecule has 0 saturated carbocycles. The van der Waals surface area contributed by atoms with Crippen LogP contribution < -0.4 is 5.73 Å². The number of aryl methyl sites for hydroxylation is 1. The molecule has 0 aromatic carbocycles. The molecule has 0 spiro atoms. The number of nitrogens with two attached hydrogens (primary N) is 1. The minimum Gasteiger partial charge on any atom is -0.378 e. The third-order valence-corrected chi connectivity index (χ3v) is 3.05. The third kappa shape index (κ3) is 3.32. The molecule has 1 aliphatic rings. The van der Waals surface area contributed by atoms with E-state index in [4.69, 9.17) is 10.5 Å². The minimum atomic E-state index is 0.507. The molecule has 90 valence electrons. The first kappa shape index (κ1) is 11.6. The molecule has 1 aromatic rings. The van der Waals surface area contributed by atoms with Crippen LogP contribution in [0.15, 0.2) is 12.5 Å². The molecule has 4 heteroatoms. The van der Waals surface area contributed by atoms with E-state index in [1.807, 2.05) is 6.33 Å². The summed E-state index contributed by atoms with van der Waals surface area (Å²) in [6.45, 7) is 2.67. The second-order valence-electron chi connectivity index (χ2n) is 4.42. The summed E-state index contributed by atoms with van der Waals surface area (Å²) < 4.78 is 7.75. The summed E-state index contributed by atoms with van der Waals surface area (Å²) in [6.07, 6.45) is 10.2. The summed E-state index contributed by atoms with van der Waals surface area (Å²) in [7, 11) is 0. The Morgan fingerprint density at radius 2 is 2.50 bits per heavy atom. The van der Waals surface area contributed by atoms with Crippen molar-refractivity contribution in [2.75, 3.05) is 13.2 Å². The largest absolute Gasteiger partial charge is 0.378 e. The molecule has 0 bridgehead atoms. The van der Waals surface area contributed by atoms with Crippen LogP contribution in [0.3, 0.4) is 0 Å². The van der Waals surface area contributed by atoms with Crippen molar-refractivity contribution in [3.05, 3.63) is 18.2 Å². The van der Waals surface area contributed by atoms with Crippen LogP contribution in [0.4, 0.5) is 0 Å². The van der Waals surface area contributed by atoms with Crippen LogP contribution in [0.1, 0.15) is 31.4 Å². The van der Waals surface area contributed by atoms with Gasteiger partial charge in [0.05, 0.1) is 18.1 Å². The van der Waals surface area contributed by atoms with Crippen LogP contribution >= 0.6 is 0 Å². The Morgan fingerprint density at radius 1 is 1.56 bits per heavy atom. The standard InChI is InChI=1S/C12H21N3O/c13-6-5-11-9-15(10-14-11)7-1-3-12-4-2-8-16-12/h9-10,12H,1-8,13H2. The third-order valence-electron chi connectivity index (χ3n) is 3.05. The maximum absolute atomic E-state index is 5.59. The van der Waals surface area contributed by atoms with Crippen molar-refractivity contribution in [1.82, 2.24) is 9.55 Å². The number of aromatic nitrogens is 2. The monoisotopic (exact) mass is 223 g/mol. The Bertz CT molecular complexity index is 305. The van der Waals surface area contributed by atoms with Gasteiger partial charge < -0.3 is 15.0 Å². The lowest BCUT2D eigenvalue weighted by atomic mass is 10.1. The van der Waals surface area contributed by atoms with Crippen LogP contribution in [0.25, 0.3) is 0 Å². The number of ether oxygens (including phenoxy) is 1.